The third-order valence-electron chi connectivity index (χ3n) is 4.60. The molecule has 0 fully saturated rings. The first-order valence-electron chi connectivity index (χ1n) is 9.02. The van der Waals surface area contributed by atoms with Crippen LogP contribution in [0.1, 0.15) is 18.6 Å². The third-order valence-corrected chi connectivity index (χ3v) is 4.60. The lowest BCUT2D eigenvalue weighted by atomic mass is 10.0. The van der Waals surface area contributed by atoms with E-state index in [1.165, 1.54) is 0 Å². The lowest BCUT2D eigenvalue weighted by Crippen LogP contribution is -2.25. The molecule has 0 aliphatic carbocycles. The Bertz CT molecular complexity index is 1080. The minimum Gasteiger partial charge on any atom is -0.508 e. The van der Waals surface area contributed by atoms with Gasteiger partial charge in [-0.05, 0) is 48.9 Å². The summed E-state index contributed by atoms with van der Waals surface area (Å²) < 4.78 is 0. The summed E-state index contributed by atoms with van der Waals surface area (Å²) in [6.45, 7) is 1.89. The molecule has 0 aliphatic rings. The van der Waals surface area contributed by atoms with Crippen molar-refractivity contribution < 1.29 is 10.2 Å². The van der Waals surface area contributed by atoms with Gasteiger partial charge in [-0.15, -0.1) is 0 Å². The normalized spacial score (nSPS) is 13.2. The summed E-state index contributed by atoms with van der Waals surface area (Å²) in [5.41, 5.74) is 2.34. The number of hydrogen-bond acceptors (Lipinski definition) is 6. The first-order chi connectivity index (χ1) is 13.6. The second kappa shape index (κ2) is 7.62. The van der Waals surface area contributed by atoms with Gasteiger partial charge in [-0.3, -0.25) is 4.98 Å². The van der Waals surface area contributed by atoms with Crippen LogP contribution in [0.3, 0.4) is 0 Å². The first kappa shape index (κ1) is 17.9. The van der Waals surface area contributed by atoms with Crippen LogP contribution in [0.4, 0.5) is 5.82 Å². The quantitative estimate of drug-likeness (QED) is 0.492. The zero-order valence-corrected chi connectivity index (χ0v) is 15.3. The van der Waals surface area contributed by atoms with Crippen LogP contribution < -0.4 is 5.32 Å². The fraction of sp³-hybridized carbons (Fsp3) is 0.136. The van der Waals surface area contributed by atoms with Gasteiger partial charge in [0.1, 0.15) is 11.6 Å². The number of anilines is 1. The van der Waals surface area contributed by atoms with Gasteiger partial charge in [0, 0.05) is 23.3 Å². The van der Waals surface area contributed by atoms with Crippen LogP contribution in [-0.2, 0) is 0 Å². The van der Waals surface area contributed by atoms with E-state index in [2.05, 4.69) is 20.3 Å². The van der Waals surface area contributed by atoms with Gasteiger partial charge in [0.15, 0.2) is 5.82 Å². The number of hydrogen-bond donors (Lipinski definition) is 3. The van der Waals surface area contributed by atoms with Gasteiger partial charge in [-0.2, -0.15) is 0 Å². The van der Waals surface area contributed by atoms with Gasteiger partial charge < -0.3 is 15.5 Å². The van der Waals surface area contributed by atoms with Gasteiger partial charge in [-0.25, -0.2) is 9.97 Å². The Kier molecular flexibility index (Phi) is 4.87. The summed E-state index contributed by atoms with van der Waals surface area (Å²) in [5, 5.41) is 24.4. The second-order valence-corrected chi connectivity index (χ2v) is 6.62. The Labute approximate surface area is 162 Å². The van der Waals surface area contributed by atoms with Gasteiger partial charge in [-0.1, -0.05) is 24.3 Å². The molecule has 2 aromatic heterocycles. The Morgan fingerprint density at radius 2 is 1.71 bits per heavy atom. The molecule has 6 nitrogen and oxygen atoms in total. The van der Waals surface area contributed by atoms with E-state index in [9.17, 15) is 10.2 Å². The van der Waals surface area contributed by atoms with Gasteiger partial charge >= 0.3 is 0 Å². The van der Waals surface area contributed by atoms with Crippen LogP contribution in [0, 0.1) is 0 Å². The number of nitrogens with one attached hydrogen (secondary N) is 1. The highest BCUT2D eigenvalue weighted by Gasteiger charge is 2.19. The molecular weight excluding hydrogens is 352 g/mol. The predicted octanol–water partition coefficient (Wildman–Crippen LogP) is 3.93. The van der Waals surface area contributed by atoms with Crippen molar-refractivity contribution in [3.63, 3.8) is 0 Å². The Balaban J connectivity index is 1.70. The van der Waals surface area contributed by atoms with Crippen LogP contribution in [0.25, 0.3) is 22.3 Å². The van der Waals surface area contributed by atoms with Crippen molar-refractivity contribution in [2.45, 2.75) is 19.1 Å². The molecule has 2 aromatic carbocycles. The zero-order chi connectivity index (χ0) is 19.5. The van der Waals surface area contributed by atoms with Crippen LogP contribution in [0.2, 0.25) is 0 Å². The Morgan fingerprint density at radius 1 is 0.929 bits per heavy atom. The summed E-state index contributed by atoms with van der Waals surface area (Å²) in [7, 11) is 0. The minimum atomic E-state index is -0.767. The number of aromatic nitrogens is 3. The first-order valence-corrected chi connectivity index (χ1v) is 9.02. The number of phenols is 1. The average Bonchev–Trinajstić information content (AvgIpc) is 2.74. The summed E-state index contributed by atoms with van der Waals surface area (Å²) in [4.78, 5) is 13.5. The smallest absolute Gasteiger partial charge is 0.163 e. The van der Waals surface area contributed by atoms with Crippen molar-refractivity contribution in [1.82, 2.24) is 15.0 Å². The highest BCUT2D eigenvalue weighted by molar-refractivity contribution is 5.90. The molecule has 28 heavy (non-hydrogen) atoms. The molecular formula is C22H20N4O2. The van der Waals surface area contributed by atoms with E-state index in [1.807, 2.05) is 43.3 Å². The fourth-order valence-corrected chi connectivity index (χ4v) is 3.07. The Hall–Kier alpha value is -3.51. The van der Waals surface area contributed by atoms with E-state index in [-0.39, 0.29) is 11.8 Å². The molecule has 140 valence electrons. The van der Waals surface area contributed by atoms with E-state index in [0.29, 0.717) is 17.2 Å². The van der Waals surface area contributed by atoms with Crippen molar-refractivity contribution in [3.05, 3.63) is 78.6 Å². The van der Waals surface area contributed by atoms with E-state index in [1.54, 1.807) is 36.7 Å². The SMILES string of the molecule is CC(Nc1nc(-c2cccnc2)nc2ccccc12)C(O)c1ccc(O)cc1. The molecule has 2 unspecified atom stereocenters. The topological polar surface area (TPSA) is 91.2 Å². The van der Waals surface area contributed by atoms with E-state index in [4.69, 9.17) is 0 Å². The molecule has 0 saturated heterocycles. The highest BCUT2D eigenvalue weighted by atomic mass is 16.3. The molecule has 0 amide bonds. The van der Waals surface area contributed by atoms with Crippen molar-refractivity contribution in [2.75, 3.05) is 5.32 Å². The number of aliphatic hydroxyl groups is 1. The van der Waals surface area contributed by atoms with Crippen LogP contribution in [0.15, 0.2) is 73.1 Å². The van der Waals surface area contributed by atoms with Gasteiger partial charge in [0.05, 0.1) is 17.7 Å². The molecule has 2 heterocycles. The van der Waals surface area contributed by atoms with Gasteiger partial charge in [0.2, 0.25) is 0 Å². The summed E-state index contributed by atoms with van der Waals surface area (Å²) in [6, 6.07) is 17.7. The van der Waals surface area contributed by atoms with Crippen molar-refractivity contribution >= 4 is 16.7 Å². The number of para-hydroxylation sites is 1. The van der Waals surface area contributed by atoms with E-state index >= 15 is 0 Å². The number of rotatable bonds is 5. The maximum Gasteiger partial charge on any atom is 0.163 e. The van der Waals surface area contributed by atoms with E-state index in [0.717, 1.165) is 16.5 Å². The summed E-state index contributed by atoms with van der Waals surface area (Å²) >= 11 is 0. The molecule has 6 heteroatoms. The Morgan fingerprint density at radius 3 is 2.46 bits per heavy atom. The molecule has 0 saturated carbocycles. The molecule has 0 spiro atoms. The van der Waals surface area contributed by atoms with Crippen LogP contribution in [0.5, 0.6) is 5.75 Å². The summed E-state index contributed by atoms with van der Waals surface area (Å²) in [5.74, 6) is 1.38. The monoisotopic (exact) mass is 372 g/mol. The standard InChI is InChI=1S/C22H20N4O2/c1-14(20(28)15-8-10-17(27)11-9-15)24-22-18-6-2-3-7-19(18)25-21(26-22)16-5-4-12-23-13-16/h2-14,20,27-28H,1H3,(H,24,25,26). The number of aromatic hydroxyl groups is 1. The van der Waals surface area contributed by atoms with Crippen molar-refractivity contribution in [2.24, 2.45) is 0 Å². The number of benzene rings is 2. The predicted molar refractivity (Wildman–Crippen MR) is 109 cm³/mol. The lowest BCUT2D eigenvalue weighted by Gasteiger charge is -2.22. The van der Waals surface area contributed by atoms with E-state index < -0.39 is 6.10 Å². The molecule has 2 atom stereocenters. The lowest BCUT2D eigenvalue weighted by molar-refractivity contribution is 0.160. The number of pyridine rings is 1. The molecule has 4 rings (SSSR count). The maximum atomic E-state index is 10.7. The maximum absolute atomic E-state index is 10.7. The molecule has 4 aromatic rings. The molecule has 0 radical (unpaired) electrons. The van der Waals surface area contributed by atoms with Crippen LogP contribution in [-0.4, -0.2) is 31.2 Å². The molecule has 3 N–H and O–H groups in total. The summed E-state index contributed by atoms with van der Waals surface area (Å²) in [6.07, 6.45) is 2.67. The largest absolute Gasteiger partial charge is 0.508 e. The van der Waals surface area contributed by atoms with Crippen molar-refractivity contribution in [1.29, 1.82) is 0 Å². The second-order valence-electron chi connectivity index (χ2n) is 6.62. The number of aliphatic hydroxyl groups excluding tert-OH is 1. The zero-order valence-electron chi connectivity index (χ0n) is 15.3. The van der Waals surface area contributed by atoms with Crippen LogP contribution >= 0.6 is 0 Å². The highest BCUT2D eigenvalue weighted by Crippen LogP contribution is 2.27. The number of phenolic OH excluding ortho intramolecular Hbond substituents is 1. The molecule has 0 bridgehead atoms. The number of fused-ring (bicyclic) bond motifs is 1. The van der Waals surface area contributed by atoms with Gasteiger partial charge in [0.25, 0.3) is 0 Å². The average molecular weight is 372 g/mol. The third kappa shape index (κ3) is 3.63. The fourth-order valence-electron chi connectivity index (χ4n) is 3.07. The minimum absolute atomic E-state index is 0.166. The number of nitrogens with zero attached hydrogens (tertiary/aromatic N) is 3. The molecule has 0 aliphatic heterocycles. The van der Waals surface area contributed by atoms with Crippen molar-refractivity contribution in [3.8, 4) is 17.1 Å².